The molecule has 2 N–H and O–H groups in total. The van der Waals surface area contributed by atoms with Crippen molar-refractivity contribution in [3.05, 3.63) is 54.1 Å². The van der Waals surface area contributed by atoms with E-state index < -0.39 is 15.8 Å². The van der Waals surface area contributed by atoms with Gasteiger partial charge in [-0.3, -0.25) is 15.7 Å². The molecule has 1 heterocycles. The molecule has 0 amide bonds. The number of nitrogens with zero attached hydrogens (tertiary/aromatic N) is 2. The zero-order chi connectivity index (χ0) is 14.8. The van der Waals surface area contributed by atoms with E-state index in [1.807, 2.05) is 6.92 Å². The molecule has 0 aliphatic heterocycles. The number of nitrogens with two attached hydrogens (primary N) is 1. The molecule has 20 heavy (non-hydrogen) atoms. The van der Waals surface area contributed by atoms with E-state index in [0.29, 0.717) is 0 Å². The molecule has 0 fully saturated rings. The zero-order valence-electron chi connectivity index (χ0n) is 11.1. The molecular weight excluding hydrogens is 278 g/mol. The Kier molecular flexibility index (Phi) is 3.85. The monoisotopic (exact) mass is 293 g/mol. The summed E-state index contributed by atoms with van der Waals surface area (Å²) < 4.78 is 29.4. The van der Waals surface area contributed by atoms with Crippen molar-refractivity contribution in [3.8, 4) is 0 Å². The minimum absolute atomic E-state index is 0.0451. The molecule has 1 unspecified atom stereocenters. The minimum atomic E-state index is -3.98. The van der Waals surface area contributed by atoms with Crippen LogP contribution in [-0.4, -0.2) is 18.4 Å². The van der Waals surface area contributed by atoms with Gasteiger partial charge in [-0.05, 0) is 26.0 Å². The minimum Gasteiger partial charge on any atom is -0.297 e. The summed E-state index contributed by atoms with van der Waals surface area (Å²) >= 11 is 0. The van der Waals surface area contributed by atoms with Crippen LogP contribution in [0.4, 0.5) is 0 Å². The molecule has 2 aromatic rings. The Morgan fingerprint density at radius 2 is 1.85 bits per heavy atom. The standard InChI is InChI=1S/C13H15N3O3S/c1-10-3-5-11(6-4-10)20(17,18)19-13(2,14)12-9-15-7-8-16-12/h3-9H,14H2,1-2H3. The SMILES string of the molecule is Cc1ccc(S(=O)(=O)OC(C)(N)c2cnccn2)cc1. The first-order valence-corrected chi connectivity index (χ1v) is 7.30. The second-order valence-corrected chi connectivity index (χ2v) is 6.09. The van der Waals surface area contributed by atoms with Gasteiger partial charge < -0.3 is 0 Å². The first-order chi connectivity index (χ1) is 9.31. The van der Waals surface area contributed by atoms with Crippen molar-refractivity contribution >= 4 is 10.1 Å². The molecule has 0 radical (unpaired) electrons. The maximum Gasteiger partial charge on any atom is 0.299 e. The Hall–Kier alpha value is -1.83. The molecule has 1 aromatic heterocycles. The van der Waals surface area contributed by atoms with Crippen LogP contribution in [0.2, 0.25) is 0 Å². The summed E-state index contributed by atoms with van der Waals surface area (Å²) in [7, 11) is -3.98. The highest BCUT2D eigenvalue weighted by Gasteiger charge is 2.32. The Balaban J connectivity index is 2.30. The highest BCUT2D eigenvalue weighted by molar-refractivity contribution is 7.86. The van der Waals surface area contributed by atoms with E-state index in [9.17, 15) is 8.42 Å². The lowest BCUT2D eigenvalue weighted by atomic mass is 10.2. The molecule has 0 spiro atoms. The lowest BCUT2D eigenvalue weighted by Gasteiger charge is -2.23. The molecule has 1 atom stereocenters. The lowest BCUT2D eigenvalue weighted by molar-refractivity contribution is 0.0979. The van der Waals surface area contributed by atoms with Crippen molar-refractivity contribution in [2.24, 2.45) is 5.73 Å². The molecule has 0 saturated carbocycles. The third-order valence-corrected chi connectivity index (χ3v) is 4.08. The van der Waals surface area contributed by atoms with Gasteiger partial charge in [0.2, 0.25) is 0 Å². The molecule has 1 aromatic carbocycles. The molecule has 6 nitrogen and oxygen atoms in total. The maximum atomic E-state index is 12.2. The predicted octanol–water partition coefficient (Wildman–Crippen LogP) is 1.32. The Morgan fingerprint density at radius 1 is 1.20 bits per heavy atom. The quantitative estimate of drug-likeness (QED) is 0.675. The van der Waals surface area contributed by atoms with Gasteiger partial charge in [0.15, 0.2) is 5.72 Å². The summed E-state index contributed by atoms with van der Waals surface area (Å²) in [5, 5.41) is 0. The van der Waals surface area contributed by atoms with E-state index in [-0.39, 0.29) is 10.6 Å². The van der Waals surface area contributed by atoms with Crippen molar-refractivity contribution in [2.45, 2.75) is 24.5 Å². The molecule has 0 aliphatic carbocycles. The van der Waals surface area contributed by atoms with Gasteiger partial charge >= 0.3 is 0 Å². The number of benzene rings is 1. The highest BCUT2D eigenvalue weighted by Crippen LogP contribution is 2.23. The Morgan fingerprint density at radius 3 is 2.40 bits per heavy atom. The Bertz CT molecular complexity index is 683. The van der Waals surface area contributed by atoms with Crippen LogP contribution in [0.25, 0.3) is 0 Å². The largest absolute Gasteiger partial charge is 0.299 e. The number of hydrogen-bond donors (Lipinski definition) is 1. The van der Waals surface area contributed by atoms with Crippen LogP contribution in [0.5, 0.6) is 0 Å². The van der Waals surface area contributed by atoms with Crippen molar-refractivity contribution < 1.29 is 12.6 Å². The Labute approximate surface area is 117 Å². The van der Waals surface area contributed by atoms with E-state index in [1.165, 1.54) is 37.6 Å². The van der Waals surface area contributed by atoms with Gasteiger partial charge in [-0.1, -0.05) is 17.7 Å². The summed E-state index contributed by atoms with van der Waals surface area (Å²) in [4.78, 5) is 7.86. The van der Waals surface area contributed by atoms with Crippen molar-refractivity contribution in [2.75, 3.05) is 0 Å². The summed E-state index contributed by atoms with van der Waals surface area (Å²) in [6.45, 7) is 3.28. The number of rotatable bonds is 4. The smallest absolute Gasteiger partial charge is 0.297 e. The van der Waals surface area contributed by atoms with Gasteiger partial charge in [-0.2, -0.15) is 8.42 Å². The second kappa shape index (κ2) is 5.28. The van der Waals surface area contributed by atoms with E-state index in [1.54, 1.807) is 12.1 Å². The van der Waals surface area contributed by atoms with Gasteiger partial charge in [-0.15, -0.1) is 0 Å². The zero-order valence-corrected chi connectivity index (χ0v) is 12.0. The molecule has 0 aliphatic rings. The predicted molar refractivity (Wildman–Crippen MR) is 73.0 cm³/mol. The number of aryl methyl sites for hydroxylation is 1. The summed E-state index contributed by atoms with van der Waals surface area (Å²) in [6, 6.07) is 6.31. The molecule has 0 saturated heterocycles. The average Bonchev–Trinajstić information content (AvgIpc) is 2.39. The molecule has 106 valence electrons. The van der Waals surface area contributed by atoms with Crippen LogP contribution >= 0.6 is 0 Å². The lowest BCUT2D eigenvalue weighted by Crippen LogP contribution is -2.39. The van der Waals surface area contributed by atoms with Crippen LogP contribution in [0.1, 0.15) is 18.2 Å². The van der Waals surface area contributed by atoms with Gasteiger partial charge in [0.1, 0.15) is 5.69 Å². The summed E-state index contributed by atoms with van der Waals surface area (Å²) in [6.07, 6.45) is 4.25. The van der Waals surface area contributed by atoms with Gasteiger partial charge in [0.05, 0.1) is 11.1 Å². The van der Waals surface area contributed by atoms with Gasteiger partial charge in [0, 0.05) is 12.4 Å². The van der Waals surface area contributed by atoms with Gasteiger partial charge in [0.25, 0.3) is 10.1 Å². The van der Waals surface area contributed by atoms with Crippen molar-refractivity contribution in [3.63, 3.8) is 0 Å². The third kappa shape index (κ3) is 3.19. The highest BCUT2D eigenvalue weighted by atomic mass is 32.2. The van der Waals surface area contributed by atoms with Crippen LogP contribution in [0.3, 0.4) is 0 Å². The maximum absolute atomic E-state index is 12.2. The first-order valence-electron chi connectivity index (χ1n) is 5.89. The van der Waals surface area contributed by atoms with Crippen LogP contribution in [0, 0.1) is 6.92 Å². The molecule has 2 rings (SSSR count). The average molecular weight is 293 g/mol. The fraction of sp³-hybridized carbons (Fsp3) is 0.231. The molecule has 0 bridgehead atoms. The fourth-order valence-electron chi connectivity index (χ4n) is 1.58. The normalized spacial score (nSPS) is 14.8. The summed E-state index contributed by atoms with van der Waals surface area (Å²) in [5.41, 5.74) is 5.49. The van der Waals surface area contributed by atoms with E-state index in [4.69, 9.17) is 9.92 Å². The van der Waals surface area contributed by atoms with Gasteiger partial charge in [-0.25, -0.2) is 4.18 Å². The van der Waals surface area contributed by atoms with Crippen molar-refractivity contribution in [1.82, 2.24) is 9.97 Å². The second-order valence-electron chi connectivity index (χ2n) is 4.55. The van der Waals surface area contributed by atoms with E-state index in [2.05, 4.69) is 9.97 Å². The summed E-state index contributed by atoms with van der Waals surface area (Å²) in [5.74, 6) is 0. The van der Waals surface area contributed by atoms with Crippen LogP contribution in [-0.2, 0) is 20.0 Å². The third-order valence-electron chi connectivity index (χ3n) is 2.66. The van der Waals surface area contributed by atoms with E-state index >= 15 is 0 Å². The molecule has 7 heteroatoms. The van der Waals surface area contributed by atoms with E-state index in [0.717, 1.165) is 5.56 Å². The fourth-order valence-corrected chi connectivity index (χ4v) is 2.69. The molecular formula is C13H15N3O3S. The topological polar surface area (TPSA) is 95.2 Å². The van der Waals surface area contributed by atoms with Crippen LogP contribution in [0.15, 0.2) is 47.8 Å². The van der Waals surface area contributed by atoms with Crippen LogP contribution < -0.4 is 5.73 Å². The number of aromatic nitrogens is 2. The van der Waals surface area contributed by atoms with Crippen molar-refractivity contribution in [1.29, 1.82) is 0 Å². The number of hydrogen-bond acceptors (Lipinski definition) is 6. The first kappa shape index (κ1) is 14.6.